The number of phenolic OH excluding ortho intramolecular Hbond substituents is 1. The van der Waals surface area contributed by atoms with Crippen LogP contribution in [0.3, 0.4) is 0 Å². The van der Waals surface area contributed by atoms with Crippen LogP contribution in [0.1, 0.15) is 63.5 Å². The third-order valence-corrected chi connectivity index (χ3v) is 5.63. The molecule has 1 aliphatic rings. The molecule has 1 unspecified atom stereocenters. The average molecular weight is 357 g/mol. The topological polar surface area (TPSA) is 53.7 Å². The fourth-order valence-electron chi connectivity index (χ4n) is 4.10. The molecule has 1 aliphatic carbocycles. The third kappa shape index (κ3) is 3.89. The molecule has 0 bridgehead atoms. The van der Waals surface area contributed by atoms with E-state index in [0.717, 1.165) is 54.4 Å². The lowest BCUT2D eigenvalue weighted by atomic mass is 9.84. The SMILES string of the molecule is CCCCCCCN(C)c1cc(O)cc2oc(=O)c3c(c12)CC(C)CC3. The Morgan fingerprint density at radius 2 is 1.96 bits per heavy atom. The number of phenols is 1. The Balaban J connectivity index is 1.97. The van der Waals surface area contributed by atoms with Crippen molar-refractivity contribution >= 4 is 16.7 Å². The fraction of sp³-hybridized carbons (Fsp3) is 0.591. The monoisotopic (exact) mass is 357 g/mol. The van der Waals surface area contributed by atoms with Crippen molar-refractivity contribution in [2.45, 2.75) is 65.2 Å². The second-order valence-electron chi connectivity index (χ2n) is 7.87. The summed E-state index contributed by atoms with van der Waals surface area (Å²) in [4.78, 5) is 14.6. The summed E-state index contributed by atoms with van der Waals surface area (Å²) in [7, 11) is 2.07. The molecule has 1 atom stereocenters. The molecule has 0 fully saturated rings. The van der Waals surface area contributed by atoms with Gasteiger partial charge in [-0.1, -0.05) is 39.5 Å². The van der Waals surface area contributed by atoms with Crippen LogP contribution in [-0.4, -0.2) is 18.7 Å². The van der Waals surface area contributed by atoms with Gasteiger partial charge in [0.15, 0.2) is 0 Å². The third-order valence-electron chi connectivity index (χ3n) is 5.63. The Morgan fingerprint density at radius 1 is 1.19 bits per heavy atom. The van der Waals surface area contributed by atoms with Gasteiger partial charge in [-0.15, -0.1) is 0 Å². The summed E-state index contributed by atoms with van der Waals surface area (Å²) < 4.78 is 5.58. The second-order valence-corrected chi connectivity index (χ2v) is 7.87. The molecular weight excluding hydrogens is 326 g/mol. The number of nitrogens with zero attached hydrogens (tertiary/aromatic N) is 1. The van der Waals surface area contributed by atoms with Gasteiger partial charge in [0.05, 0.1) is 5.69 Å². The van der Waals surface area contributed by atoms with Crippen LogP contribution < -0.4 is 10.5 Å². The van der Waals surface area contributed by atoms with E-state index in [1.165, 1.54) is 25.7 Å². The van der Waals surface area contributed by atoms with Crippen LogP contribution in [0.25, 0.3) is 11.0 Å². The summed E-state index contributed by atoms with van der Waals surface area (Å²) in [6.45, 7) is 5.40. The van der Waals surface area contributed by atoms with Gasteiger partial charge >= 0.3 is 5.63 Å². The zero-order valence-corrected chi connectivity index (χ0v) is 16.3. The molecule has 1 N–H and O–H groups in total. The molecule has 26 heavy (non-hydrogen) atoms. The van der Waals surface area contributed by atoms with Gasteiger partial charge in [-0.3, -0.25) is 0 Å². The van der Waals surface area contributed by atoms with E-state index in [0.29, 0.717) is 11.5 Å². The lowest BCUT2D eigenvalue weighted by Crippen LogP contribution is -2.23. The molecule has 3 rings (SSSR count). The highest BCUT2D eigenvalue weighted by molar-refractivity contribution is 5.95. The number of anilines is 1. The smallest absolute Gasteiger partial charge is 0.339 e. The fourth-order valence-corrected chi connectivity index (χ4v) is 4.10. The van der Waals surface area contributed by atoms with Crippen LogP contribution in [-0.2, 0) is 12.8 Å². The molecule has 0 amide bonds. The van der Waals surface area contributed by atoms with E-state index in [1.54, 1.807) is 6.07 Å². The van der Waals surface area contributed by atoms with Crippen molar-refractivity contribution in [2.24, 2.45) is 5.92 Å². The van der Waals surface area contributed by atoms with E-state index < -0.39 is 0 Å². The lowest BCUT2D eigenvalue weighted by Gasteiger charge is -2.26. The molecule has 0 saturated carbocycles. The zero-order chi connectivity index (χ0) is 18.7. The first-order chi connectivity index (χ1) is 12.5. The minimum Gasteiger partial charge on any atom is -0.508 e. The standard InChI is InChI=1S/C22H31NO3/c1-4-5-6-7-8-11-23(3)19-13-16(24)14-20-21(19)18-12-15(2)9-10-17(18)22(25)26-20/h13-15,24H,4-12H2,1-3H3. The van der Waals surface area contributed by atoms with Crippen molar-refractivity contribution < 1.29 is 9.52 Å². The number of hydrogen-bond acceptors (Lipinski definition) is 4. The molecule has 0 spiro atoms. The number of aromatic hydroxyl groups is 1. The molecule has 2 aromatic rings. The normalized spacial score (nSPS) is 16.7. The van der Waals surface area contributed by atoms with Crippen molar-refractivity contribution in [1.29, 1.82) is 0 Å². The highest BCUT2D eigenvalue weighted by atomic mass is 16.4. The van der Waals surface area contributed by atoms with Gasteiger partial charge in [0.25, 0.3) is 0 Å². The quantitative estimate of drug-likeness (QED) is 0.558. The average Bonchev–Trinajstić information content (AvgIpc) is 2.60. The maximum Gasteiger partial charge on any atom is 0.339 e. The molecule has 1 aromatic carbocycles. The van der Waals surface area contributed by atoms with E-state index in [-0.39, 0.29) is 11.4 Å². The van der Waals surface area contributed by atoms with Crippen LogP contribution in [0.15, 0.2) is 21.3 Å². The molecule has 4 heteroatoms. The van der Waals surface area contributed by atoms with E-state index in [4.69, 9.17) is 4.42 Å². The van der Waals surface area contributed by atoms with Gasteiger partial charge in [-0.25, -0.2) is 4.79 Å². The number of unbranched alkanes of at least 4 members (excludes halogenated alkanes) is 4. The van der Waals surface area contributed by atoms with Gasteiger partial charge < -0.3 is 14.4 Å². The molecule has 1 heterocycles. The summed E-state index contributed by atoms with van der Waals surface area (Å²) in [6.07, 6.45) is 8.88. The van der Waals surface area contributed by atoms with Crippen molar-refractivity contribution in [2.75, 3.05) is 18.5 Å². The maximum absolute atomic E-state index is 12.4. The highest BCUT2D eigenvalue weighted by Gasteiger charge is 2.24. The Hall–Kier alpha value is -1.97. The van der Waals surface area contributed by atoms with E-state index in [2.05, 4.69) is 25.8 Å². The minimum absolute atomic E-state index is 0.150. The molecular formula is C22H31NO3. The first-order valence-corrected chi connectivity index (χ1v) is 10.0. The highest BCUT2D eigenvalue weighted by Crippen LogP contribution is 2.37. The van der Waals surface area contributed by atoms with Gasteiger partial charge in [-0.2, -0.15) is 0 Å². The number of benzene rings is 1. The van der Waals surface area contributed by atoms with Gasteiger partial charge in [-0.05, 0) is 37.2 Å². The molecule has 4 nitrogen and oxygen atoms in total. The van der Waals surface area contributed by atoms with Gasteiger partial charge in [0.1, 0.15) is 11.3 Å². The summed E-state index contributed by atoms with van der Waals surface area (Å²) >= 11 is 0. The molecule has 0 radical (unpaired) electrons. The Bertz CT molecular complexity index is 824. The van der Waals surface area contributed by atoms with Gasteiger partial charge in [0.2, 0.25) is 0 Å². The molecule has 0 saturated heterocycles. The van der Waals surface area contributed by atoms with Crippen LogP contribution in [0.4, 0.5) is 5.69 Å². The number of fused-ring (bicyclic) bond motifs is 3. The molecule has 142 valence electrons. The Kier molecular flexibility index (Phi) is 5.90. The first kappa shape index (κ1) is 18.8. The van der Waals surface area contributed by atoms with Crippen molar-refractivity contribution in [3.05, 3.63) is 33.7 Å². The predicted molar refractivity (Wildman–Crippen MR) is 107 cm³/mol. The first-order valence-electron chi connectivity index (χ1n) is 10.0. The van der Waals surface area contributed by atoms with Crippen molar-refractivity contribution in [3.63, 3.8) is 0 Å². The van der Waals surface area contributed by atoms with E-state index >= 15 is 0 Å². The summed E-state index contributed by atoms with van der Waals surface area (Å²) in [5.74, 6) is 0.714. The Labute approximate surface area is 155 Å². The lowest BCUT2D eigenvalue weighted by molar-refractivity contribution is 0.465. The van der Waals surface area contributed by atoms with Crippen molar-refractivity contribution in [3.8, 4) is 5.75 Å². The largest absolute Gasteiger partial charge is 0.508 e. The molecule has 1 aromatic heterocycles. The van der Waals surface area contributed by atoms with Gasteiger partial charge in [0, 0.05) is 36.7 Å². The molecule has 0 aliphatic heterocycles. The van der Waals surface area contributed by atoms with Crippen LogP contribution in [0, 0.1) is 5.92 Å². The number of hydrogen-bond donors (Lipinski definition) is 1. The van der Waals surface area contributed by atoms with Crippen LogP contribution >= 0.6 is 0 Å². The minimum atomic E-state index is -0.238. The van der Waals surface area contributed by atoms with Crippen LogP contribution in [0.5, 0.6) is 5.75 Å². The maximum atomic E-state index is 12.4. The second kappa shape index (κ2) is 8.15. The van der Waals surface area contributed by atoms with Crippen LogP contribution in [0.2, 0.25) is 0 Å². The summed E-state index contributed by atoms with van der Waals surface area (Å²) in [5.41, 5.74) is 3.21. The Morgan fingerprint density at radius 3 is 2.73 bits per heavy atom. The van der Waals surface area contributed by atoms with E-state index in [1.807, 2.05) is 6.07 Å². The summed E-state index contributed by atoms with van der Waals surface area (Å²) in [6, 6.07) is 3.39. The zero-order valence-electron chi connectivity index (χ0n) is 16.3. The summed E-state index contributed by atoms with van der Waals surface area (Å²) in [5, 5.41) is 11.2. The van der Waals surface area contributed by atoms with Crippen molar-refractivity contribution in [1.82, 2.24) is 0 Å². The number of rotatable bonds is 7. The predicted octanol–water partition coefficient (Wildman–Crippen LogP) is 5.03. The van der Waals surface area contributed by atoms with E-state index in [9.17, 15) is 9.90 Å².